The predicted octanol–water partition coefficient (Wildman–Crippen LogP) is 2.67. The number of carbonyl (C=O) groups is 2. The number of methoxy groups -OCH3 is 1. The molecular formula is C20H25NO4. The third-order valence-corrected chi connectivity index (χ3v) is 6.17. The second-order valence-corrected chi connectivity index (χ2v) is 7.49. The van der Waals surface area contributed by atoms with Crippen LogP contribution < -0.4 is 4.74 Å². The number of carbonyl (C=O) groups excluding carboxylic acids is 2. The van der Waals surface area contributed by atoms with E-state index in [2.05, 4.69) is 0 Å². The number of hydrogen-bond donors (Lipinski definition) is 0. The summed E-state index contributed by atoms with van der Waals surface area (Å²) in [5.41, 5.74) is 0.697. The SMILES string of the molecule is COc1cccc(C23CCCC2C(=O)N(CC2CCCO2)C(=O)C3)c1. The highest BCUT2D eigenvalue weighted by molar-refractivity contribution is 6.01. The van der Waals surface area contributed by atoms with Crippen molar-refractivity contribution in [3.05, 3.63) is 29.8 Å². The van der Waals surface area contributed by atoms with E-state index in [4.69, 9.17) is 9.47 Å². The van der Waals surface area contributed by atoms with Crippen LogP contribution in [0.1, 0.15) is 44.1 Å². The van der Waals surface area contributed by atoms with Crippen LogP contribution in [0, 0.1) is 5.92 Å². The highest BCUT2D eigenvalue weighted by Gasteiger charge is 2.55. The van der Waals surface area contributed by atoms with Crippen LogP contribution in [0.2, 0.25) is 0 Å². The van der Waals surface area contributed by atoms with Gasteiger partial charge in [-0.05, 0) is 43.4 Å². The minimum Gasteiger partial charge on any atom is -0.497 e. The van der Waals surface area contributed by atoms with Gasteiger partial charge in [-0.2, -0.15) is 0 Å². The average molecular weight is 343 g/mol. The lowest BCUT2D eigenvalue weighted by atomic mass is 9.67. The number of imide groups is 1. The summed E-state index contributed by atoms with van der Waals surface area (Å²) >= 11 is 0. The van der Waals surface area contributed by atoms with Crippen molar-refractivity contribution in [2.24, 2.45) is 5.92 Å². The number of fused-ring (bicyclic) bond motifs is 1. The van der Waals surface area contributed by atoms with Crippen molar-refractivity contribution < 1.29 is 19.1 Å². The van der Waals surface area contributed by atoms with E-state index in [0.717, 1.165) is 50.0 Å². The Labute approximate surface area is 148 Å². The minimum absolute atomic E-state index is 0.00734. The molecule has 0 N–H and O–H groups in total. The fraction of sp³-hybridized carbons (Fsp3) is 0.600. The van der Waals surface area contributed by atoms with Gasteiger partial charge in [0.15, 0.2) is 0 Å². The number of piperidine rings is 1. The normalized spacial score (nSPS) is 32.1. The average Bonchev–Trinajstić information content (AvgIpc) is 3.29. The van der Waals surface area contributed by atoms with Crippen LogP contribution in [0.15, 0.2) is 24.3 Å². The zero-order chi connectivity index (χ0) is 17.4. The quantitative estimate of drug-likeness (QED) is 0.789. The van der Waals surface area contributed by atoms with Gasteiger partial charge in [-0.1, -0.05) is 18.6 Å². The summed E-state index contributed by atoms with van der Waals surface area (Å²) < 4.78 is 11.0. The summed E-state index contributed by atoms with van der Waals surface area (Å²) in [6.07, 6.45) is 5.08. The molecule has 1 aromatic carbocycles. The Hall–Kier alpha value is -1.88. The molecule has 5 nitrogen and oxygen atoms in total. The Morgan fingerprint density at radius 2 is 2.16 bits per heavy atom. The van der Waals surface area contributed by atoms with Crippen molar-refractivity contribution >= 4 is 11.8 Å². The second kappa shape index (κ2) is 6.45. The van der Waals surface area contributed by atoms with Crippen LogP contribution in [-0.4, -0.2) is 43.1 Å². The van der Waals surface area contributed by atoms with Gasteiger partial charge in [0.1, 0.15) is 5.75 Å². The van der Waals surface area contributed by atoms with Crippen molar-refractivity contribution in [2.75, 3.05) is 20.3 Å². The Kier molecular flexibility index (Phi) is 4.28. The number of rotatable bonds is 4. The molecule has 4 rings (SSSR count). The monoisotopic (exact) mass is 343 g/mol. The predicted molar refractivity (Wildman–Crippen MR) is 92.3 cm³/mol. The number of likely N-dealkylation sites (tertiary alicyclic amines) is 1. The van der Waals surface area contributed by atoms with Crippen LogP contribution >= 0.6 is 0 Å². The van der Waals surface area contributed by atoms with E-state index in [9.17, 15) is 9.59 Å². The molecule has 2 saturated heterocycles. The van der Waals surface area contributed by atoms with E-state index in [0.29, 0.717) is 13.0 Å². The standard InChI is InChI=1S/C20H25NO4/c1-24-15-6-2-5-14(11-15)20-9-3-8-17(20)19(23)21(18(22)12-20)13-16-7-4-10-25-16/h2,5-6,11,16-17H,3-4,7-10,12-13H2,1H3. The molecule has 3 unspecified atom stereocenters. The minimum atomic E-state index is -0.365. The molecule has 25 heavy (non-hydrogen) atoms. The first-order chi connectivity index (χ1) is 12.1. The topological polar surface area (TPSA) is 55.8 Å². The van der Waals surface area contributed by atoms with E-state index in [-0.39, 0.29) is 29.3 Å². The van der Waals surface area contributed by atoms with Gasteiger partial charge < -0.3 is 9.47 Å². The number of hydrogen-bond acceptors (Lipinski definition) is 4. The van der Waals surface area contributed by atoms with E-state index in [1.807, 2.05) is 24.3 Å². The van der Waals surface area contributed by atoms with Gasteiger partial charge in [-0.25, -0.2) is 0 Å². The zero-order valence-corrected chi connectivity index (χ0v) is 14.7. The van der Waals surface area contributed by atoms with E-state index in [1.165, 1.54) is 4.90 Å². The Morgan fingerprint density at radius 1 is 1.28 bits per heavy atom. The third-order valence-electron chi connectivity index (χ3n) is 6.17. The highest BCUT2D eigenvalue weighted by Crippen LogP contribution is 2.52. The third kappa shape index (κ3) is 2.74. The molecule has 0 radical (unpaired) electrons. The van der Waals surface area contributed by atoms with E-state index < -0.39 is 0 Å². The largest absolute Gasteiger partial charge is 0.497 e. The lowest BCUT2D eigenvalue weighted by Gasteiger charge is -2.43. The molecule has 0 bridgehead atoms. The van der Waals surface area contributed by atoms with Gasteiger partial charge in [0.2, 0.25) is 11.8 Å². The molecule has 0 aromatic heterocycles. The van der Waals surface area contributed by atoms with E-state index >= 15 is 0 Å². The number of nitrogens with zero attached hydrogens (tertiary/aromatic N) is 1. The molecule has 1 saturated carbocycles. The van der Waals surface area contributed by atoms with Crippen LogP contribution in [0.25, 0.3) is 0 Å². The summed E-state index contributed by atoms with van der Waals surface area (Å²) in [5.74, 6) is 0.603. The molecule has 0 spiro atoms. The maximum Gasteiger partial charge on any atom is 0.233 e. The van der Waals surface area contributed by atoms with Crippen molar-refractivity contribution in [2.45, 2.75) is 50.0 Å². The smallest absolute Gasteiger partial charge is 0.233 e. The fourth-order valence-corrected chi connectivity index (χ4v) is 4.88. The summed E-state index contributed by atoms with van der Waals surface area (Å²) in [7, 11) is 1.64. The van der Waals surface area contributed by atoms with Gasteiger partial charge >= 0.3 is 0 Å². The van der Waals surface area contributed by atoms with Crippen LogP contribution in [0.3, 0.4) is 0 Å². The molecule has 2 heterocycles. The molecule has 3 fully saturated rings. The Morgan fingerprint density at radius 3 is 2.92 bits per heavy atom. The van der Waals surface area contributed by atoms with Crippen molar-refractivity contribution in [3.8, 4) is 5.75 Å². The van der Waals surface area contributed by atoms with Crippen molar-refractivity contribution in [3.63, 3.8) is 0 Å². The summed E-state index contributed by atoms with van der Waals surface area (Å²) in [6.45, 7) is 1.15. The molecule has 134 valence electrons. The highest BCUT2D eigenvalue weighted by atomic mass is 16.5. The van der Waals surface area contributed by atoms with Gasteiger partial charge in [0.25, 0.3) is 0 Å². The van der Waals surface area contributed by atoms with Crippen molar-refractivity contribution in [1.29, 1.82) is 0 Å². The number of amides is 2. The number of benzene rings is 1. The van der Waals surface area contributed by atoms with Crippen LogP contribution in [0.5, 0.6) is 5.75 Å². The van der Waals surface area contributed by atoms with E-state index in [1.54, 1.807) is 7.11 Å². The maximum absolute atomic E-state index is 13.2. The van der Waals surface area contributed by atoms with Gasteiger partial charge in [0, 0.05) is 24.4 Å². The van der Waals surface area contributed by atoms with Crippen LogP contribution in [0.4, 0.5) is 0 Å². The first-order valence-corrected chi connectivity index (χ1v) is 9.24. The second-order valence-electron chi connectivity index (χ2n) is 7.49. The van der Waals surface area contributed by atoms with Gasteiger partial charge in [0.05, 0.1) is 19.8 Å². The zero-order valence-electron chi connectivity index (χ0n) is 14.7. The first kappa shape index (κ1) is 16.6. The van der Waals surface area contributed by atoms with Gasteiger partial charge in [-0.3, -0.25) is 14.5 Å². The first-order valence-electron chi connectivity index (χ1n) is 9.24. The van der Waals surface area contributed by atoms with Crippen LogP contribution in [-0.2, 0) is 19.7 Å². The van der Waals surface area contributed by atoms with Gasteiger partial charge in [-0.15, -0.1) is 0 Å². The van der Waals surface area contributed by atoms with Crippen molar-refractivity contribution in [1.82, 2.24) is 4.90 Å². The Balaban J connectivity index is 1.63. The molecule has 2 amide bonds. The fourth-order valence-electron chi connectivity index (χ4n) is 4.88. The number of ether oxygens (including phenoxy) is 2. The molecule has 1 aliphatic carbocycles. The Bertz CT molecular complexity index is 682. The summed E-state index contributed by atoms with van der Waals surface area (Å²) in [5, 5.41) is 0. The molecule has 5 heteroatoms. The maximum atomic E-state index is 13.2. The summed E-state index contributed by atoms with van der Waals surface area (Å²) in [6, 6.07) is 7.89. The molecule has 3 aliphatic rings. The lowest BCUT2D eigenvalue weighted by molar-refractivity contribution is -0.156. The lowest BCUT2D eigenvalue weighted by Crippen LogP contribution is -2.55. The molecule has 3 atom stereocenters. The molecule has 1 aromatic rings. The summed E-state index contributed by atoms with van der Waals surface area (Å²) in [4.78, 5) is 27.5. The molecular weight excluding hydrogens is 318 g/mol. The molecule has 2 aliphatic heterocycles.